The van der Waals surface area contributed by atoms with Gasteiger partial charge in [0.1, 0.15) is 17.4 Å². The summed E-state index contributed by atoms with van der Waals surface area (Å²) in [5.41, 5.74) is 3.22. The summed E-state index contributed by atoms with van der Waals surface area (Å²) in [4.78, 5) is 4.18. The second-order valence-electron chi connectivity index (χ2n) is 7.07. The number of aliphatic hydroxyl groups excluding tert-OH is 1. The average Bonchev–Trinajstić information content (AvgIpc) is 3.09. The van der Waals surface area contributed by atoms with Crippen molar-refractivity contribution in [1.29, 1.82) is 0 Å². The highest BCUT2D eigenvalue weighted by atomic mass is 16.6. The van der Waals surface area contributed by atoms with Gasteiger partial charge >= 0.3 is 0 Å². The number of hydrogen-bond donors (Lipinski definition) is 1. The van der Waals surface area contributed by atoms with Gasteiger partial charge in [-0.05, 0) is 49.4 Å². The molecule has 3 rings (SSSR count). The topological polar surface area (TPSA) is 64.2 Å². The van der Waals surface area contributed by atoms with Crippen LogP contribution in [0.3, 0.4) is 0 Å². The molecule has 1 unspecified atom stereocenters. The van der Waals surface area contributed by atoms with Crippen molar-refractivity contribution in [2.45, 2.75) is 39.6 Å². The molecule has 0 spiro atoms. The second kappa shape index (κ2) is 9.35. The molecule has 3 aromatic rings. The molecule has 154 valence electrons. The van der Waals surface area contributed by atoms with E-state index in [4.69, 9.17) is 13.9 Å². The maximum Gasteiger partial charge on any atom is 0.185 e. The van der Waals surface area contributed by atoms with Crippen molar-refractivity contribution >= 4 is 27.5 Å². The number of rotatable bonds is 8. The van der Waals surface area contributed by atoms with Gasteiger partial charge in [0, 0.05) is 37.2 Å². The van der Waals surface area contributed by atoms with Gasteiger partial charge in [0.25, 0.3) is 0 Å². The smallest absolute Gasteiger partial charge is 0.185 e. The van der Waals surface area contributed by atoms with E-state index in [1.807, 2.05) is 51.1 Å². The third-order valence-electron chi connectivity index (χ3n) is 5.09. The van der Waals surface area contributed by atoms with Crippen molar-refractivity contribution in [3.63, 3.8) is 0 Å². The second-order valence-corrected chi connectivity index (χ2v) is 7.07. The van der Waals surface area contributed by atoms with Crippen molar-refractivity contribution in [3.8, 4) is 0 Å². The number of aliphatic imine (C=N–C) groups is 1. The first-order valence-corrected chi connectivity index (χ1v) is 9.90. The highest BCUT2D eigenvalue weighted by Crippen LogP contribution is 2.41. The lowest BCUT2D eigenvalue weighted by Gasteiger charge is -2.17. The van der Waals surface area contributed by atoms with Crippen LogP contribution in [0.4, 0.5) is 0 Å². The van der Waals surface area contributed by atoms with Crippen molar-refractivity contribution < 1.29 is 19.0 Å². The molecule has 5 nitrogen and oxygen atoms in total. The normalized spacial score (nSPS) is 14.9. The minimum absolute atomic E-state index is 0.326. The molecular weight excluding hydrogens is 366 g/mol. The van der Waals surface area contributed by atoms with Crippen LogP contribution in [0, 0.1) is 6.92 Å². The SMILES string of the molecule is CCCO[C@@H](O)c1c(C)oc2c1c(C(/C=C/C(C)=N\C)OC)cc1ccccc12. The fourth-order valence-corrected chi connectivity index (χ4v) is 3.55. The summed E-state index contributed by atoms with van der Waals surface area (Å²) in [6.45, 7) is 6.28. The van der Waals surface area contributed by atoms with Crippen LogP contribution in [0.15, 0.2) is 51.9 Å². The van der Waals surface area contributed by atoms with E-state index in [-0.39, 0.29) is 6.10 Å². The lowest BCUT2D eigenvalue weighted by molar-refractivity contribution is -0.102. The number of nitrogens with zero attached hydrogens (tertiary/aromatic N) is 1. The van der Waals surface area contributed by atoms with E-state index in [0.717, 1.165) is 39.4 Å². The van der Waals surface area contributed by atoms with Gasteiger partial charge in [0.2, 0.25) is 0 Å². The van der Waals surface area contributed by atoms with E-state index in [9.17, 15) is 5.11 Å². The molecule has 0 aliphatic carbocycles. The molecule has 1 N–H and O–H groups in total. The molecule has 1 aromatic heterocycles. The third-order valence-corrected chi connectivity index (χ3v) is 5.09. The lowest BCUT2D eigenvalue weighted by Crippen LogP contribution is -2.07. The first-order chi connectivity index (χ1) is 14.0. The Morgan fingerprint density at radius 3 is 2.76 bits per heavy atom. The Hall–Kier alpha value is -2.47. The maximum absolute atomic E-state index is 10.8. The Balaban J connectivity index is 2.29. The first-order valence-electron chi connectivity index (χ1n) is 9.90. The standard InChI is InChI=1S/C24H29NO4/c1-6-13-28-24(26)21-16(3)29-23-18-10-8-7-9-17(18)14-19(22(21)23)20(27-5)12-11-15(2)25-4/h7-12,14,20,24,26H,6,13H2,1-5H3/b12-11+,25-15-/t20?,24-/m1/s1. The van der Waals surface area contributed by atoms with Crippen LogP contribution >= 0.6 is 0 Å². The molecule has 5 heteroatoms. The van der Waals surface area contributed by atoms with E-state index in [1.165, 1.54) is 0 Å². The molecule has 0 aliphatic heterocycles. The maximum atomic E-state index is 10.8. The quantitative estimate of drug-likeness (QED) is 0.396. The zero-order valence-corrected chi connectivity index (χ0v) is 17.7. The van der Waals surface area contributed by atoms with Crippen molar-refractivity contribution in [2.24, 2.45) is 4.99 Å². The van der Waals surface area contributed by atoms with E-state index < -0.39 is 6.29 Å². The summed E-state index contributed by atoms with van der Waals surface area (Å²) >= 11 is 0. The molecule has 0 bridgehead atoms. The molecular formula is C24H29NO4. The fourth-order valence-electron chi connectivity index (χ4n) is 3.55. The van der Waals surface area contributed by atoms with Crippen LogP contribution in [0.5, 0.6) is 0 Å². The Kier molecular flexibility index (Phi) is 6.85. The number of aliphatic hydroxyl groups is 1. The number of fused-ring (bicyclic) bond motifs is 3. The molecule has 2 aromatic carbocycles. The number of furan rings is 1. The fraction of sp³-hybridized carbons (Fsp3) is 0.375. The average molecular weight is 395 g/mol. The summed E-state index contributed by atoms with van der Waals surface area (Å²) in [6, 6.07) is 10.2. The summed E-state index contributed by atoms with van der Waals surface area (Å²) < 4.78 is 17.6. The molecule has 29 heavy (non-hydrogen) atoms. The lowest BCUT2D eigenvalue weighted by atomic mass is 9.95. The molecule has 0 saturated carbocycles. The largest absolute Gasteiger partial charge is 0.460 e. The van der Waals surface area contributed by atoms with Crippen LogP contribution in [0.1, 0.15) is 49.5 Å². The van der Waals surface area contributed by atoms with Gasteiger partial charge in [-0.15, -0.1) is 0 Å². The Labute approximate surface area is 171 Å². The zero-order chi connectivity index (χ0) is 21.0. The van der Waals surface area contributed by atoms with Crippen LogP contribution in [0.25, 0.3) is 21.7 Å². The summed E-state index contributed by atoms with van der Waals surface area (Å²) in [5, 5.41) is 13.7. The Bertz CT molecular complexity index is 1050. The number of ether oxygens (including phenoxy) is 2. The summed E-state index contributed by atoms with van der Waals surface area (Å²) in [5.74, 6) is 0.645. The van der Waals surface area contributed by atoms with Crippen molar-refractivity contribution in [3.05, 3.63) is 59.4 Å². The molecule has 0 amide bonds. The van der Waals surface area contributed by atoms with Gasteiger partial charge in [-0.1, -0.05) is 31.2 Å². The van der Waals surface area contributed by atoms with Crippen molar-refractivity contribution in [2.75, 3.05) is 20.8 Å². The van der Waals surface area contributed by atoms with Crippen LogP contribution in [0.2, 0.25) is 0 Å². The predicted octanol–water partition coefficient (Wildman–Crippen LogP) is 5.65. The van der Waals surface area contributed by atoms with Crippen LogP contribution in [-0.2, 0) is 9.47 Å². The van der Waals surface area contributed by atoms with E-state index >= 15 is 0 Å². The van der Waals surface area contributed by atoms with Gasteiger partial charge in [-0.25, -0.2) is 0 Å². The minimum atomic E-state index is -1.06. The molecule has 1 heterocycles. The highest BCUT2D eigenvalue weighted by Gasteiger charge is 2.26. The molecule has 0 radical (unpaired) electrons. The number of hydrogen-bond acceptors (Lipinski definition) is 5. The highest BCUT2D eigenvalue weighted by molar-refractivity contribution is 6.07. The van der Waals surface area contributed by atoms with Gasteiger partial charge < -0.3 is 19.0 Å². The number of aryl methyl sites for hydroxylation is 1. The summed E-state index contributed by atoms with van der Waals surface area (Å²) in [7, 11) is 3.43. The monoisotopic (exact) mass is 395 g/mol. The van der Waals surface area contributed by atoms with Crippen molar-refractivity contribution in [1.82, 2.24) is 0 Å². The molecule has 0 fully saturated rings. The van der Waals surface area contributed by atoms with E-state index in [0.29, 0.717) is 17.9 Å². The Morgan fingerprint density at radius 2 is 2.07 bits per heavy atom. The minimum Gasteiger partial charge on any atom is -0.460 e. The Morgan fingerprint density at radius 1 is 1.31 bits per heavy atom. The van der Waals surface area contributed by atoms with Gasteiger partial charge in [-0.2, -0.15) is 0 Å². The van der Waals surface area contributed by atoms with Gasteiger partial charge in [0.05, 0.1) is 5.56 Å². The van der Waals surface area contributed by atoms with Gasteiger partial charge in [-0.3, -0.25) is 4.99 Å². The summed E-state index contributed by atoms with van der Waals surface area (Å²) in [6.07, 6.45) is 3.34. The zero-order valence-electron chi connectivity index (χ0n) is 17.7. The third kappa shape index (κ3) is 4.27. The predicted molar refractivity (Wildman–Crippen MR) is 118 cm³/mol. The number of allylic oxidation sites excluding steroid dienone is 1. The van der Waals surface area contributed by atoms with Crippen LogP contribution in [-0.4, -0.2) is 31.6 Å². The number of benzene rings is 2. The molecule has 0 saturated heterocycles. The van der Waals surface area contributed by atoms with E-state index in [2.05, 4.69) is 17.1 Å². The van der Waals surface area contributed by atoms with Crippen LogP contribution < -0.4 is 0 Å². The first kappa shape index (κ1) is 21.2. The van der Waals surface area contributed by atoms with Gasteiger partial charge in [0.15, 0.2) is 6.29 Å². The molecule has 0 aliphatic rings. The van der Waals surface area contributed by atoms with E-state index in [1.54, 1.807) is 14.2 Å². The number of methoxy groups -OCH3 is 1. The molecule has 2 atom stereocenters.